The molecule has 25 heavy (non-hydrogen) atoms. The van der Waals surface area contributed by atoms with Crippen LogP contribution < -0.4 is 15.7 Å². The Hall–Kier alpha value is -2.60. The quantitative estimate of drug-likeness (QED) is 0.659. The first-order valence-corrected chi connectivity index (χ1v) is 8.52. The summed E-state index contributed by atoms with van der Waals surface area (Å²) in [7, 11) is 0. The molecule has 1 atom stereocenters. The van der Waals surface area contributed by atoms with E-state index in [1.54, 1.807) is 24.3 Å². The molecule has 0 spiro atoms. The van der Waals surface area contributed by atoms with E-state index >= 15 is 0 Å². The van der Waals surface area contributed by atoms with Crippen LogP contribution in [0.4, 0.5) is 0 Å². The third kappa shape index (κ3) is 4.48. The standard InChI is InChI=1S/C19H16BrNO4/c1-12(13-2-6-15(20)7-3-13)21-18(22)11-24-16-8-4-14-5-9-19(23)25-17(14)10-16/h2-10,12H,11H2,1H3,(H,21,22)/t12-/m1/s1. The van der Waals surface area contributed by atoms with Gasteiger partial charge in [0, 0.05) is 22.0 Å². The number of carbonyl (C=O) groups excluding carboxylic acids is 1. The van der Waals surface area contributed by atoms with Gasteiger partial charge in [0.25, 0.3) is 5.91 Å². The fraction of sp³-hybridized carbons (Fsp3) is 0.158. The van der Waals surface area contributed by atoms with Crippen LogP contribution in [-0.4, -0.2) is 12.5 Å². The summed E-state index contributed by atoms with van der Waals surface area (Å²) in [6.07, 6.45) is 0. The molecule has 1 N–H and O–H groups in total. The SMILES string of the molecule is C[C@@H](NC(=O)COc1ccc2ccc(=O)oc2c1)c1ccc(Br)cc1. The predicted molar refractivity (Wildman–Crippen MR) is 98.7 cm³/mol. The number of carbonyl (C=O) groups is 1. The van der Waals surface area contributed by atoms with Crippen LogP contribution in [0.1, 0.15) is 18.5 Å². The molecule has 0 aliphatic rings. The molecule has 5 nitrogen and oxygen atoms in total. The van der Waals surface area contributed by atoms with Crippen molar-refractivity contribution in [3.05, 3.63) is 75.1 Å². The molecule has 0 aliphatic carbocycles. The van der Waals surface area contributed by atoms with Crippen LogP contribution in [-0.2, 0) is 4.79 Å². The summed E-state index contributed by atoms with van der Waals surface area (Å²) in [4.78, 5) is 23.3. The molecule has 0 saturated heterocycles. The van der Waals surface area contributed by atoms with Crippen LogP contribution in [0.5, 0.6) is 5.75 Å². The Labute approximate surface area is 152 Å². The molecule has 0 bridgehead atoms. The van der Waals surface area contributed by atoms with Gasteiger partial charge in [-0.15, -0.1) is 0 Å². The van der Waals surface area contributed by atoms with Crippen molar-refractivity contribution in [3.63, 3.8) is 0 Å². The molecule has 1 heterocycles. The van der Waals surface area contributed by atoms with Crippen LogP contribution in [0.3, 0.4) is 0 Å². The maximum atomic E-state index is 12.1. The van der Waals surface area contributed by atoms with Crippen molar-refractivity contribution >= 4 is 32.8 Å². The summed E-state index contributed by atoms with van der Waals surface area (Å²) >= 11 is 3.38. The Kier molecular flexibility index (Phi) is 5.19. The zero-order valence-electron chi connectivity index (χ0n) is 13.5. The van der Waals surface area contributed by atoms with Gasteiger partial charge in [-0.3, -0.25) is 4.79 Å². The number of benzene rings is 2. The predicted octanol–water partition coefficient (Wildman–Crippen LogP) is 3.81. The van der Waals surface area contributed by atoms with Crippen molar-refractivity contribution in [1.82, 2.24) is 5.32 Å². The van der Waals surface area contributed by atoms with Crippen LogP contribution >= 0.6 is 15.9 Å². The van der Waals surface area contributed by atoms with E-state index in [2.05, 4.69) is 21.2 Å². The molecule has 0 radical (unpaired) electrons. The van der Waals surface area contributed by atoms with E-state index in [4.69, 9.17) is 9.15 Å². The number of rotatable bonds is 5. The third-order valence-corrected chi connectivity index (χ3v) is 4.24. The van der Waals surface area contributed by atoms with Crippen molar-refractivity contribution in [3.8, 4) is 5.75 Å². The van der Waals surface area contributed by atoms with Gasteiger partial charge in [0.1, 0.15) is 11.3 Å². The summed E-state index contributed by atoms with van der Waals surface area (Å²) in [5.74, 6) is 0.235. The van der Waals surface area contributed by atoms with Crippen LogP contribution in [0.2, 0.25) is 0 Å². The first-order chi connectivity index (χ1) is 12.0. The number of hydrogen-bond donors (Lipinski definition) is 1. The van der Waals surface area contributed by atoms with Crippen molar-refractivity contribution in [2.45, 2.75) is 13.0 Å². The maximum Gasteiger partial charge on any atom is 0.336 e. The smallest absolute Gasteiger partial charge is 0.336 e. The maximum absolute atomic E-state index is 12.1. The largest absolute Gasteiger partial charge is 0.484 e. The Bertz CT molecular complexity index is 950. The Morgan fingerprint density at radius 1 is 1.16 bits per heavy atom. The molecule has 0 saturated carbocycles. The molecule has 1 amide bonds. The van der Waals surface area contributed by atoms with Gasteiger partial charge >= 0.3 is 5.63 Å². The fourth-order valence-corrected chi connectivity index (χ4v) is 2.66. The highest BCUT2D eigenvalue weighted by molar-refractivity contribution is 9.10. The van der Waals surface area contributed by atoms with E-state index in [0.717, 1.165) is 15.4 Å². The van der Waals surface area contributed by atoms with E-state index < -0.39 is 5.63 Å². The molecule has 0 unspecified atom stereocenters. The summed E-state index contributed by atoms with van der Waals surface area (Å²) in [5, 5.41) is 3.67. The topological polar surface area (TPSA) is 68.5 Å². The van der Waals surface area contributed by atoms with Crippen molar-refractivity contribution in [2.24, 2.45) is 0 Å². The Balaban J connectivity index is 1.60. The average molecular weight is 402 g/mol. The second kappa shape index (κ2) is 7.53. The highest BCUT2D eigenvalue weighted by Crippen LogP contribution is 2.20. The zero-order valence-corrected chi connectivity index (χ0v) is 15.1. The number of ether oxygens (including phenoxy) is 1. The van der Waals surface area contributed by atoms with Gasteiger partial charge in [0.05, 0.1) is 6.04 Å². The minimum atomic E-state index is -0.425. The molecule has 128 valence electrons. The summed E-state index contributed by atoms with van der Waals surface area (Å²) in [6, 6.07) is 15.8. The normalized spacial score (nSPS) is 11.9. The van der Waals surface area contributed by atoms with Gasteiger partial charge in [-0.25, -0.2) is 4.79 Å². The van der Waals surface area contributed by atoms with E-state index in [-0.39, 0.29) is 18.6 Å². The van der Waals surface area contributed by atoms with Crippen molar-refractivity contribution in [1.29, 1.82) is 0 Å². The van der Waals surface area contributed by atoms with Gasteiger partial charge in [-0.1, -0.05) is 28.1 Å². The molecular formula is C19H16BrNO4. The number of fused-ring (bicyclic) bond motifs is 1. The van der Waals surface area contributed by atoms with E-state index in [9.17, 15) is 9.59 Å². The number of hydrogen-bond acceptors (Lipinski definition) is 4. The lowest BCUT2D eigenvalue weighted by Crippen LogP contribution is -2.31. The highest BCUT2D eigenvalue weighted by atomic mass is 79.9. The van der Waals surface area contributed by atoms with Gasteiger partial charge in [0.2, 0.25) is 0 Å². The van der Waals surface area contributed by atoms with Gasteiger partial charge < -0.3 is 14.5 Å². The number of nitrogens with one attached hydrogen (secondary N) is 1. The van der Waals surface area contributed by atoms with Gasteiger partial charge in [-0.05, 0) is 42.8 Å². The van der Waals surface area contributed by atoms with Gasteiger partial charge in [-0.2, -0.15) is 0 Å². The molecular weight excluding hydrogens is 386 g/mol. The van der Waals surface area contributed by atoms with E-state index in [0.29, 0.717) is 11.3 Å². The van der Waals surface area contributed by atoms with Crippen LogP contribution in [0, 0.1) is 0 Å². The molecule has 6 heteroatoms. The summed E-state index contributed by atoms with van der Waals surface area (Å²) in [5.41, 5.74) is 1.00. The van der Waals surface area contributed by atoms with Crippen LogP contribution in [0.15, 0.2) is 68.3 Å². The Morgan fingerprint density at radius 2 is 1.88 bits per heavy atom. The lowest BCUT2D eigenvalue weighted by molar-refractivity contribution is -0.123. The second-order valence-corrected chi connectivity index (χ2v) is 6.50. The molecule has 2 aromatic carbocycles. The van der Waals surface area contributed by atoms with E-state index in [1.807, 2.05) is 31.2 Å². The van der Waals surface area contributed by atoms with Crippen molar-refractivity contribution < 1.29 is 13.9 Å². The lowest BCUT2D eigenvalue weighted by Gasteiger charge is -2.15. The summed E-state index contributed by atoms with van der Waals surface area (Å²) in [6.45, 7) is 1.79. The monoisotopic (exact) mass is 401 g/mol. The van der Waals surface area contributed by atoms with Gasteiger partial charge in [0.15, 0.2) is 6.61 Å². The number of halogens is 1. The minimum absolute atomic E-state index is 0.122. The fourth-order valence-electron chi connectivity index (χ4n) is 2.40. The lowest BCUT2D eigenvalue weighted by atomic mass is 10.1. The minimum Gasteiger partial charge on any atom is -0.484 e. The highest BCUT2D eigenvalue weighted by Gasteiger charge is 2.10. The molecule has 3 aromatic rings. The number of amides is 1. The molecule has 1 aromatic heterocycles. The first-order valence-electron chi connectivity index (χ1n) is 7.73. The molecule has 0 fully saturated rings. The second-order valence-electron chi connectivity index (χ2n) is 5.58. The first kappa shape index (κ1) is 17.2. The average Bonchev–Trinajstić information content (AvgIpc) is 2.60. The van der Waals surface area contributed by atoms with Crippen molar-refractivity contribution in [2.75, 3.05) is 6.61 Å². The van der Waals surface area contributed by atoms with E-state index in [1.165, 1.54) is 6.07 Å². The Morgan fingerprint density at radius 3 is 2.64 bits per heavy atom. The molecule has 0 aliphatic heterocycles. The zero-order chi connectivity index (χ0) is 17.8. The van der Waals surface area contributed by atoms with Crippen LogP contribution in [0.25, 0.3) is 11.0 Å². The third-order valence-electron chi connectivity index (χ3n) is 3.71. The summed E-state index contributed by atoms with van der Waals surface area (Å²) < 4.78 is 11.6. The molecule has 3 rings (SSSR count).